The molecule has 154 valence electrons. The minimum atomic E-state index is -0.280. The fraction of sp³-hybridized carbons (Fsp3) is 0.333. The van der Waals surface area contributed by atoms with Gasteiger partial charge in [-0.15, -0.1) is 12.4 Å². The number of hydrogen-bond donors (Lipinski definition) is 1. The number of benzene rings is 2. The smallest absolute Gasteiger partial charge is 0.414 e. The lowest BCUT2D eigenvalue weighted by atomic mass is 10.0. The minimum absolute atomic E-state index is 0. The van der Waals surface area contributed by atoms with E-state index in [1.165, 1.54) is 0 Å². The Balaban J connectivity index is 0.00000240. The molecule has 0 saturated carbocycles. The molecule has 0 aromatic heterocycles. The maximum Gasteiger partial charge on any atom is 0.414 e. The Labute approximate surface area is 181 Å². The van der Waals surface area contributed by atoms with Crippen molar-refractivity contribution in [2.45, 2.75) is 25.5 Å². The standard InChI is InChI=1S/C21H22ClN3O3.ClH/c22-16-5-7-17(8-6-16)23-20(26)13-24-11-9-18(10-12-24)25-19-4-2-1-3-15(19)14-28-21(25)27;/h1-8,18H,9-14H2,(H,23,26);1H. The van der Waals surface area contributed by atoms with E-state index in [1.54, 1.807) is 29.2 Å². The van der Waals surface area contributed by atoms with Gasteiger partial charge in [-0.05, 0) is 43.2 Å². The quantitative estimate of drug-likeness (QED) is 0.776. The maximum atomic E-state index is 12.4. The lowest BCUT2D eigenvalue weighted by Crippen LogP contribution is -2.50. The summed E-state index contributed by atoms with van der Waals surface area (Å²) in [4.78, 5) is 28.5. The van der Waals surface area contributed by atoms with Gasteiger partial charge in [-0.25, -0.2) is 4.79 Å². The molecule has 4 rings (SSSR count). The van der Waals surface area contributed by atoms with Gasteiger partial charge in [-0.2, -0.15) is 0 Å². The van der Waals surface area contributed by atoms with Gasteiger partial charge in [0.2, 0.25) is 5.91 Å². The second-order valence-corrected chi connectivity index (χ2v) is 7.55. The van der Waals surface area contributed by atoms with Crippen LogP contribution in [0.5, 0.6) is 0 Å². The van der Waals surface area contributed by atoms with Crippen molar-refractivity contribution >= 4 is 47.4 Å². The zero-order valence-corrected chi connectivity index (χ0v) is 17.4. The van der Waals surface area contributed by atoms with E-state index in [0.717, 1.165) is 42.9 Å². The molecule has 0 radical (unpaired) electrons. The van der Waals surface area contributed by atoms with Gasteiger partial charge in [0, 0.05) is 35.4 Å². The first-order valence-electron chi connectivity index (χ1n) is 9.42. The fourth-order valence-corrected chi connectivity index (χ4v) is 3.92. The number of nitrogens with one attached hydrogen (secondary N) is 1. The van der Waals surface area contributed by atoms with Gasteiger partial charge in [0.1, 0.15) is 6.61 Å². The number of hydrogen-bond acceptors (Lipinski definition) is 4. The summed E-state index contributed by atoms with van der Waals surface area (Å²) < 4.78 is 5.34. The number of anilines is 2. The Morgan fingerprint density at radius 2 is 1.79 bits per heavy atom. The number of likely N-dealkylation sites (tertiary alicyclic amines) is 1. The zero-order valence-electron chi connectivity index (χ0n) is 15.8. The largest absolute Gasteiger partial charge is 0.444 e. The minimum Gasteiger partial charge on any atom is -0.444 e. The molecule has 0 bridgehead atoms. The first-order chi connectivity index (χ1) is 13.6. The highest BCUT2D eigenvalue weighted by atomic mass is 35.5. The van der Waals surface area contributed by atoms with E-state index >= 15 is 0 Å². The summed E-state index contributed by atoms with van der Waals surface area (Å²) in [5.41, 5.74) is 2.71. The van der Waals surface area contributed by atoms with Crippen LogP contribution in [0.4, 0.5) is 16.2 Å². The van der Waals surface area contributed by atoms with Crippen molar-refractivity contribution in [3.8, 4) is 0 Å². The summed E-state index contributed by atoms with van der Waals surface area (Å²) in [6.45, 7) is 2.17. The number of ether oxygens (including phenoxy) is 1. The van der Waals surface area contributed by atoms with Crippen LogP contribution < -0.4 is 10.2 Å². The van der Waals surface area contributed by atoms with Gasteiger partial charge in [0.05, 0.1) is 12.2 Å². The van der Waals surface area contributed by atoms with Crippen LogP contribution in [0, 0.1) is 0 Å². The van der Waals surface area contributed by atoms with Crippen LogP contribution in [0.25, 0.3) is 0 Å². The first kappa shape index (κ1) is 21.4. The average molecular weight is 436 g/mol. The predicted molar refractivity (Wildman–Crippen MR) is 116 cm³/mol. The first-order valence-corrected chi connectivity index (χ1v) is 9.79. The average Bonchev–Trinajstić information content (AvgIpc) is 2.70. The van der Waals surface area contributed by atoms with E-state index in [1.807, 2.05) is 24.3 Å². The number of piperidine rings is 1. The third kappa shape index (κ3) is 5.01. The lowest BCUT2D eigenvalue weighted by Gasteiger charge is -2.40. The van der Waals surface area contributed by atoms with Crippen molar-refractivity contribution in [2.24, 2.45) is 0 Å². The predicted octanol–water partition coefficient (Wildman–Crippen LogP) is 4.32. The maximum absolute atomic E-state index is 12.4. The number of carbonyl (C=O) groups is 2. The molecule has 2 aliphatic heterocycles. The summed E-state index contributed by atoms with van der Waals surface area (Å²) in [6.07, 6.45) is 1.33. The number of carbonyl (C=O) groups excluding carboxylic acids is 2. The number of amides is 2. The van der Waals surface area contributed by atoms with Crippen molar-refractivity contribution in [3.05, 3.63) is 59.1 Å². The van der Waals surface area contributed by atoms with Crippen LogP contribution in [-0.4, -0.2) is 42.6 Å². The van der Waals surface area contributed by atoms with Crippen molar-refractivity contribution in [2.75, 3.05) is 29.9 Å². The molecule has 1 saturated heterocycles. The second-order valence-electron chi connectivity index (χ2n) is 7.12. The number of nitrogens with zero attached hydrogens (tertiary/aromatic N) is 2. The molecule has 1 fully saturated rings. The Bertz CT molecular complexity index is 868. The van der Waals surface area contributed by atoms with Crippen LogP contribution in [0.2, 0.25) is 5.02 Å². The molecule has 2 aliphatic rings. The normalized spacial score (nSPS) is 17.1. The molecule has 6 nitrogen and oxygen atoms in total. The van der Waals surface area contributed by atoms with Crippen LogP contribution in [0.15, 0.2) is 48.5 Å². The van der Waals surface area contributed by atoms with Crippen LogP contribution in [0.1, 0.15) is 18.4 Å². The molecule has 1 N–H and O–H groups in total. The summed E-state index contributed by atoms with van der Waals surface area (Å²) in [7, 11) is 0. The fourth-order valence-electron chi connectivity index (χ4n) is 3.79. The van der Waals surface area contributed by atoms with E-state index in [0.29, 0.717) is 18.2 Å². The van der Waals surface area contributed by atoms with Crippen molar-refractivity contribution in [3.63, 3.8) is 0 Å². The summed E-state index contributed by atoms with van der Waals surface area (Å²) in [5, 5.41) is 3.52. The highest BCUT2D eigenvalue weighted by molar-refractivity contribution is 6.30. The summed E-state index contributed by atoms with van der Waals surface area (Å²) in [6, 6.07) is 15.0. The van der Waals surface area contributed by atoms with Crippen molar-refractivity contribution in [1.82, 2.24) is 4.90 Å². The molecule has 0 spiro atoms. The van der Waals surface area contributed by atoms with Crippen molar-refractivity contribution < 1.29 is 14.3 Å². The van der Waals surface area contributed by atoms with Crippen molar-refractivity contribution in [1.29, 1.82) is 0 Å². The summed E-state index contributed by atoms with van der Waals surface area (Å²) in [5.74, 6) is -0.0523. The molecular weight excluding hydrogens is 413 g/mol. The Morgan fingerprint density at radius 1 is 1.10 bits per heavy atom. The monoisotopic (exact) mass is 435 g/mol. The van der Waals surface area contributed by atoms with E-state index in [4.69, 9.17) is 16.3 Å². The van der Waals surface area contributed by atoms with Gasteiger partial charge in [0.25, 0.3) is 0 Å². The van der Waals surface area contributed by atoms with Crippen LogP contribution in [-0.2, 0) is 16.1 Å². The van der Waals surface area contributed by atoms with Gasteiger partial charge in [-0.3, -0.25) is 14.6 Å². The van der Waals surface area contributed by atoms with Crippen LogP contribution in [0.3, 0.4) is 0 Å². The molecule has 8 heteroatoms. The number of cyclic esters (lactones) is 1. The molecule has 2 heterocycles. The Kier molecular flexibility index (Phi) is 7.00. The van der Waals surface area contributed by atoms with Gasteiger partial charge in [-0.1, -0.05) is 29.8 Å². The molecule has 2 amide bonds. The number of para-hydroxylation sites is 1. The second kappa shape index (κ2) is 9.48. The van der Waals surface area contributed by atoms with E-state index in [2.05, 4.69) is 10.2 Å². The molecule has 29 heavy (non-hydrogen) atoms. The third-order valence-electron chi connectivity index (χ3n) is 5.22. The van der Waals surface area contributed by atoms with E-state index < -0.39 is 0 Å². The zero-order chi connectivity index (χ0) is 19.5. The number of fused-ring (bicyclic) bond motifs is 1. The lowest BCUT2D eigenvalue weighted by molar-refractivity contribution is -0.117. The Hall–Kier alpha value is -2.28. The van der Waals surface area contributed by atoms with E-state index in [9.17, 15) is 9.59 Å². The molecule has 2 aromatic carbocycles. The van der Waals surface area contributed by atoms with Gasteiger partial charge in [0.15, 0.2) is 0 Å². The molecule has 0 aliphatic carbocycles. The number of rotatable bonds is 4. The summed E-state index contributed by atoms with van der Waals surface area (Å²) >= 11 is 5.87. The topological polar surface area (TPSA) is 61.9 Å². The van der Waals surface area contributed by atoms with Gasteiger partial charge >= 0.3 is 6.09 Å². The molecule has 0 unspecified atom stereocenters. The van der Waals surface area contributed by atoms with Crippen LogP contribution >= 0.6 is 24.0 Å². The SMILES string of the molecule is Cl.O=C(CN1CCC(N2C(=O)OCc3ccccc32)CC1)Nc1ccc(Cl)cc1. The third-order valence-corrected chi connectivity index (χ3v) is 5.47. The molecular formula is C21H23Cl2N3O3. The van der Waals surface area contributed by atoms with Gasteiger partial charge < -0.3 is 10.1 Å². The Morgan fingerprint density at radius 3 is 2.52 bits per heavy atom. The highest BCUT2D eigenvalue weighted by Gasteiger charge is 2.34. The molecule has 0 atom stereocenters. The van der Waals surface area contributed by atoms with E-state index in [-0.39, 0.29) is 30.4 Å². The highest BCUT2D eigenvalue weighted by Crippen LogP contribution is 2.31. The number of halogens is 2. The molecule has 2 aromatic rings.